The molecule has 0 saturated heterocycles. The number of carbonyl (C=O) groups excluding carboxylic acids is 1. The Morgan fingerprint density at radius 3 is 2.42 bits per heavy atom. The lowest BCUT2D eigenvalue weighted by molar-refractivity contribution is 0.194. The van der Waals surface area contributed by atoms with Gasteiger partial charge in [-0.1, -0.05) is 42.5 Å². The van der Waals surface area contributed by atoms with Crippen molar-refractivity contribution in [3.63, 3.8) is 0 Å². The summed E-state index contributed by atoms with van der Waals surface area (Å²) in [7, 11) is 3.99. The van der Waals surface area contributed by atoms with Gasteiger partial charge in [0.05, 0.1) is 24.0 Å². The van der Waals surface area contributed by atoms with Gasteiger partial charge < -0.3 is 19.7 Å². The second-order valence-electron chi connectivity index (χ2n) is 8.36. The molecule has 1 N–H and O–H groups in total. The van der Waals surface area contributed by atoms with E-state index in [4.69, 9.17) is 0 Å². The van der Waals surface area contributed by atoms with Gasteiger partial charge in [-0.2, -0.15) is 0 Å². The number of amides is 2. The molecule has 1 atom stereocenters. The zero-order chi connectivity index (χ0) is 22.9. The highest BCUT2D eigenvalue weighted by Crippen LogP contribution is 2.37. The Morgan fingerprint density at radius 1 is 0.939 bits per heavy atom. The van der Waals surface area contributed by atoms with Crippen LogP contribution in [0, 0.1) is 5.82 Å². The molecule has 2 amide bonds. The van der Waals surface area contributed by atoms with Gasteiger partial charge in [0.25, 0.3) is 0 Å². The van der Waals surface area contributed by atoms with Gasteiger partial charge >= 0.3 is 6.03 Å². The SMILES string of the molecule is CN(C)c1ccc(C2c3cccn3-c3ccccc3CN2C(=O)Nc2ccccc2F)cc1. The molecule has 166 valence electrons. The van der Waals surface area contributed by atoms with Crippen LogP contribution in [0.3, 0.4) is 0 Å². The lowest BCUT2D eigenvalue weighted by atomic mass is 10.0. The summed E-state index contributed by atoms with van der Waals surface area (Å²) in [6, 6.07) is 25.8. The molecule has 1 aliphatic rings. The number of para-hydroxylation sites is 2. The quantitative estimate of drug-likeness (QED) is 0.436. The van der Waals surface area contributed by atoms with Crippen molar-refractivity contribution < 1.29 is 9.18 Å². The minimum atomic E-state index is -0.462. The van der Waals surface area contributed by atoms with Crippen molar-refractivity contribution in [2.45, 2.75) is 12.6 Å². The lowest BCUT2D eigenvalue weighted by Crippen LogP contribution is -2.38. The average molecular weight is 441 g/mol. The van der Waals surface area contributed by atoms with Crippen LogP contribution in [-0.4, -0.2) is 29.6 Å². The molecule has 5 nitrogen and oxygen atoms in total. The van der Waals surface area contributed by atoms with E-state index < -0.39 is 5.82 Å². The zero-order valence-corrected chi connectivity index (χ0v) is 18.6. The standard InChI is InChI=1S/C27H25FN4O/c1-30(2)21-15-13-19(14-16-21)26-25-12-7-17-31(25)24-11-6-3-8-20(24)18-32(26)27(33)29-23-10-5-4-9-22(23)28/h3-17,26H,18H2,1-2H3,(H,29,33). The fourth-order valence-corrected chi connectivity index (χ4v) is 4.39. The third-order valence-corrected chi connectivity index (χ3v) is 6.07. The first-order valence-corrected chi connectivity index (χ1v) is 10.9. The van der Waals surface area contributed by atoms with Crippen LogP contribution in [0.2, 0.25) is 0 Å². The van der Waals surface area contributed by atoms with E-state index >= 15 is 0 Å². The zero-order valence-electron chi connectivity index (χ0n) is 18.6. The summed E-state index contributed by atoms with van der Waals surface area (Å²) in [6.07, 6.45) is 2.02. The van der Waals surface area contributed by atoms with Crippen molar-refractivity contribution in [2.24, 2.45) is 0 Å². The number of benzene rings is 3. The van der Waals surface area contributed by atoms with E-state index in [1.165, 1.54) is 6.07 Å². The van der Waals surface area contributed by atoms with E-state index in [9.17, 15) is 9.18 Å². The van der Waals surface area contributed by atoms with Crippen molar-refractivity contribution in [1.29, 1.82) is 0 Å². The van der Waals surface area contributed by atoms with Crippen LogP contribution in [-0.2, 0) is 6.54 Å². The Morgan fingerprint density at radius 2 is 1.67 bits per heavy atom. The van der Waals surface area contributed by atoms with E-state index in [0.717, 1.165) is 28.2 Å². The monoisotopic (exact) mass is 440 g/mol. The number of rotatable bonds is 3. The van der Waals surface area contributed by atoms with Crippen LogP contribution in [0.15, 0.2) is 91.1 Å². The van der Waals surface area contributed by atoms with Crippen molar-refractivity contribution in [1.82, 2.24) is 9.47 Å². The largest absolute Gasteiger partial charge is 0.378 e. The van der Waals surface area contributed by atoms with Gasteiger partial charge in [0.1, 0.15) is 5.82 Å². The van der Waals surface area contributed by atoms with Crippen LogP contribution >= 0.6 is 0 Å². The number of hydrogen-bond donors (Lipinski definition) is 1. The minimum absolute atomic E-state index is 0.164. The molecule has 4 aromatic rings. The molecule has 1 aromatic heterocycles. The molecule has 5 rings (SSSR count). The molecule has 0 fully saturated rings. The van der Waals surface area contributed by atoms with Gasteiger partial charge in [-0.05, 0) is 53.6 Å². The van der Waals surface area contributed by atoms with E-state index in [2.05, 4.69) is 28.1 Å². The summed E-state index contributed by atoms with van der Waals surface area (Å²) < 4.78 is 16.5. The molecule has 33 heavy (non-hydrogen) atoms. The fourth-order valence-electron chi connectivity index (χ4n) is 4.39. The topological polar surface area (TPSA) is 40.5 Å². The summed E-state index contributed by atoms with van der Waals surface area (Å²) >= 11 is 0. The Kier molecular flexibility index (Phi) is 5.34. The van der Waals surface area contributed by atoms with Gasteiger partial charge in [-0.25, -0.2) is 9.18 Å². The Labute approximate surface area is 192 Å². The van der Waals surface area contributed by atoms with E-state index in [1.54, 1.807) is 23.1 Å². The molecule has 0 saturated carbocycles. The van der Waals surface area contributed by atoms with Crippen molar-refractivity contribution in [3.05, 3.63) is 114 Å². The van der Waals surface area contributed by atoms with Crippen LogP contribution in [0.25, 0.3) is 5.69 Å². The number of aromatic nitrogens is 1. The molecular formula is C27H25FN4O. The molecular weight excluding hydrogens is 415 g/mol. The molecule has 0 bridgehead atoms. The molecule has 1 aliphatic heterocycles. The van der Waals surface area contributed by atoms with E-state index in [-0.39, 0.29) is 17.8 Å². The number of nitrogens with zero attached hydrogens (tertiary/aromatic N) is 3. The summed E-state index contributed by atoms with van der Waals surface area (Å²) in [5.74, 6) is -0.462. The maximum Gasteiger partial charge on any atom is 0.323 e. The highest BCUT2D eigenvalue weighted by molar-refractivity contribution is 5.90. The predicted molar refractivity (Wildman–Crippen MR) is 129 cm³/mol. The Balaban J connectivity index is 1.62. The molecule has 0 spiro atoms. The Bertz CT molecular complexity index is 1300. The molecule has 3 aromatic carbocycles. The second-order valence-corrected chi connectivity index (χ2v) is 8.36. The molecule has 0 radical (unpaired) electrons. The molecule has 0 aliphatic carbocycles. The fraction of sp³-hybridized carbons (Fsp3) is 0.148. The first-order chi connectivity index (χ1) is 16.0. The number of anilines is 2. The molecule has 1 unspecified atom stereocenters. The smallest absolute Gasteiger partial charge is 0.323 e. The number of carbonyl (C=O) groups is 1. The molecule has 6 heteroatoms. The van der Waals surface area contributed by atoms with Crippen LogP contribution in [0.1, 0.15) is 22.9 Å². The van der Waals surface area contributed by atoms with Gasteiger partial charge in [-0.15, -0.1) is 0 Å². The Hall–Kier alpha value is -4.06. The lowest BCUT2D eigenvalue weighted by Gasteiger charge is -2.31. The van der Waals surface area contributed by atoms with Gasteiger partial charge in [0.15, 0.2) is 0 Å². The predicted octanol–water partition coefficient (Wildman–Crippen LogP) is 5.82. The van der Waals surface area contributed by atoms with Crippen LogP contribution in [0.5, 0.6) is 0 Å². The summed E-state index contributed by atoms with van der Waals surface area (Å²) in [6.45, 7) is 0.387. The van der Waals surface area contributed by atoms with E-state index in [1.807, 2.05) is 67.7 Å². The number of halogens is 1. The third kappa shape index (κ3) is 3.84. The van der Waals surface area contributed by atoms with Gasteiger partial charge in [0.2, 0.25) is 0 Å². The number of fused-ring (bicyclic) bond motifs is 3. The minimum Gasteiger partial charge on any atom is -0.378 e. The normalized spacial score (nSPS) is 14.8. The number of urea groups is 1. The number of hydrogen-bond acceptors (Lipinski definition) is 2. The van der Waals surface area contributed by atoms with E-state index in [0.29, 0.717) is 6.54 Å². The van der Waals surface area contributed by atoms with Crippen LogP contribution in [0.4, 0.5) is 20.6 Å². The van der Waals surface area contributed by atoms with Crippen molar-refractivity contribution in [2.75, 3.05) is 24.3 Å². The first-order valence-electron chi connectivity index (χ1n) is 10.9. The van der Waals surface area contributed by atoms with Crippen molar-refractivity contribution in [3.8, 4) is 5.69 Å². The summed E-state index contributed by atoms with van der Waals surface area (Å²) in [4.78, 5) is 17.4. The average Bonchev–Trinajstić information content (AvgIpc) is 3.25. The first kappa shape index (κ1) is 20.8. The van der Waals surface area contributed by atoms with Gasteiger partial charge in [0, 0.05) is 31.7 Å². The maximum absolute atomic E-state index is 14.3. The third-order valence-electron chi connectivity index (χ3n) is 6.07. The maximum atomic E-state index is 14.3. The van der Waals surface area contributed by atoms with Crippen LogP contribution < -0.4 is 10.2 Å². The second kappa shape index (κ2) is 8.47. The molecule has 2 heterocycles. The summed E-state index contributed by atoms with van der Waals surface area (Å²) in [5.41, 5.74) is 5.25. The van der Waals surface area contributed by atoms with Crippen molar-refractivity contribution >= 4 is 17.4 Å². The van der Waals surface area contributed by atoms with Gasteiger partial charge in [-0.3, -0.25) is 0 Å². The number of nitrogens with one attached hydrogen (secondary N) is 1. The highest BCUT2D eigenvalue weighted by atomic mass is 19.1. The summed E-state index contributed by atoms with van der Waals surface area (Å²) in [5, 5.41) is 2.79. The highest BCUT2D eigenvalue weighted by Gasteiger charge is 2.33.